The summed E-state index contributed by atoms with van der Waals surface area (Å²) in [4.78, 5) is 27.2. The van der Waals surface area contributed by atoms with Gasteiger partial charge in [-0.15, -0.1) is 0 Å². The number of carbonyl (C=O) groups is 2. The molecule has 0 aliphatic rings. The minimum atomic E-state index is -0.631. The minimum absolute atomic E-state index is 0.0508. The van der Waals surface area contributed by atoms with Crippen LogP contribution in [0.4, 0.5) is 22.7 Å². The van der Waals surface area contributed by atoms with Crippen molar-refractivity contribution < 1.29 is 19.8 Å². The lowest BCUT2D eigenvalue weighted by molar-refractivity contribution is 0.100. The number of amides is 2. The van der Waals surface area contributed by atoms with Crippen LogP contribution >= 0.6 is 0 Å². The van der Waals surface area contributed by atoms with E-state index in [1.54, 1.807) is 86.8 Å². The Labute approximate surface area is 222 Å². The van der Waals surface area contributed by atoms with Gasteiger partial charge in [0.25, 0.3) is 5.91 Å². The molecule has 0 aliphatic heterocycles. The summed E-state index contributed by atoms with van der Waals surface area (Å²) in [6, 6.07) is 23.2. The fourth-order valence-corrected chi connectivity index (χ4v) is 4.22. The van der Waals surface area contributed by atoms with Gasteiger partial charge >= 0.3 is 0 Å². The number of nitrogens with zero attached hydrogens (tertiary/aromatic N) is 1. The van der Waals surface area contributed by atoms with E-state index in [-0.39, 0.29) is 23.1 Å². The van der Waals surface area contributed by atoms with Crippen LogP contribution in [-0.2, 0) is 5.41 Å². The van der Waals surface area contributed by atoms with Crippen molar-refractivity contribution in [2.24, 2.45) is 0 Å². The van der Waals surface area contributed by atoms with Crippen molar-refractivity contribution >= 4 is 42.5 Å². The highest BCUT2D eigenvalue weighted by Crippen LogP contribution is 2.39. The zero-order valence-corrected chi connectivity index (χ0v) is 21.4. The van der Waals surface area contributed by atoms with E-state index in [9.17, 15) is 19.8 Å². The zero-order valence-electron chi connectivity index (χ0n) is 21.4. The average molecular weight is 508 g/mol. The Bertz CT molecular complexity index is 1540. The maximum atomic E-state index is 13.1. The number of nitrogens with two attached hydrogens (primary N) is 2. The summed E-state index contributed by atoms with van der Waals surface area (Å²) in [5.74, 6) is -0.861. The van der Waals surface area contributed by atoms with Crippen molar-refractivity contribution in [3.63, 3.8) is 0 Å². The predicted molar refractivity (Wildman–Crippen MR) is 153 cm³/mol. The van der Waals surface area contributed by atoms with Gasteiger partial charge in [0.2, 0.25) is 13.9 Å². The topological polar surface area (TPSA) is 142 Å². The van der Waals surface area contributed by atoms with Crippen LogP contribution in [0.1, 0.15) is 45.7 Å². The van der Waals surface area contributed by atoms with Crippen LogP contribution in [0.5, 0.6) is 11.5 Å². The number of hydrogen-bond donors (Lipinski definition) is 5. The molecule has 0 aromatic heterocycles. The van der Waals surface area contributed by atoms with E-state index in [0.29, 0.717) is 28.2 Å². The number of nitrogens with one attached hydrogen (secondary N) is 1. The third kappa shape index (κ3) is 5.27. The van der Waals surface area contributed by atoms with Crippen LogP contribution in [0.15, 0.2) is 84.9 Å². The molecule has 0 bridgehead atoms. The largest absolute Gasteiger partial charge is 0.506 e. The lowest BCUT2D eigenvalue weighted by Gasteiger charge is -2.29. The first kappa shape index (κ1) is 26.2. The van der Waals surface area contributed by atoms with Crippen molar-refractivity contribution in [3.8, 4) is 11.5 Å². The van der Waals surface area contributed by atoms with Crippen LogP contribution in [0.2, 0.25) is 0 Å². The Kier molecular flexibility index (Phi) is 7.03. The van der Waals surface area contributed by atoms with Gasteiger partial charge in [0.05, 0.1) is 11.4 Å². The summed E-state index contributed by atoms with van der Waals surface area (Å²) in [6.07, 6.45) is 0. The number of hydrogen-bond acceptors (Lipinski definition) is 6. The Morgan fingerprint density at radius 3 is 1.97 bits per heavy atom. The van der Waals surface area contributed by atoms with E-state index in [4.69, 9.17) is 11.5 Å². The molecule has 4 aromatic carbocycles. The molecule has 4 aromatic rings. The van der Waals surface area contributed by atoms with Crippen LogP contribution < -0.4 is 21.6 Å². The van der Waals surface area contributed by atoms with Crippen LogP contribution in [0, 0.1) is 0 Å². The Hall–Kier alpha value is -4.92. The van der Waals surface area contributed by atoms with Crippen molar-refractivity contribution in [1.29, 1.82) is 0 Å². The fraction of sp³-hybridized carbons (Fsp3) is 0.103. The highest BCUT2D eigenvalue weighted by molar-refractivity contribution is 6.34. The summed E-state index contributed by atoms with van der Waals surface area (Å²) in [5.41, 5.74) is 14.9. The summed E-state index contributed by atoms with van der Waals surface area (Å²) in [7, 11) is 1.59. The number of rotatable bonds is 6. The van der Waals surface area contributed by atoms with Crippen LogP contribution in [-0.4, -0.2) is 30.0 Å². The smallest absolute Gasteiger partial charge is 0.255 e. The maximum absolute atomic E-state index is 13.1. The number of nitrogen functional groups attached to an aromatic ring is 2. The van der Waals surface area contributed by atoms with Crippen molar-refractivity contribution in [2.45, 2.75) is 19.3 Å². The average Bonchev–Trinajstić information content (AvgIpc) is 2.89. The molecule has 0 heterocycles. The molecule has 0 saturated heterocycles. The van der Waals surface area contributed by atoms with Crippen molar-refractivity contribution in [1.82, 2.24) is 0 Å². The maximum Gasteiger partial charge on any atom is 0.255 e. The Morgan fingerprint density at radius 2 is 1.34 bits per heavy atom. The Morgan fingerprint density at radius 1 is 0.789 bits per heavy atom. The van der Waals surface area contributed by atoms with Gasteiger partial charge in [0.1, 0.15) is 11.5 Å². The molecule has 0 fully saturated rings. The standard InChI is InChI=1S/C29H29BN4O4/c1-29(2,19-9-11-25(35)23(15-19)33-27(37)17-5-3-7-21(31)13-17)20-10-12-26(36)24(16-20)34(30)28(38)18-6-4-8-22(32)14-18/h3-16,35-36H,30-32H2,1-2H3,(H,33,37). The van der Waals surface area contributed by atoms with Gasteiger partial charge in [-0.1, -0.05) is 38.1 Å². The first-order valence-electron chi connectivity index (χ1n) is 11.9. The minimum Gasteiger partial charge on any atom is -0.506 e. The number of anilines is 4. The van der Waals surface area contributed by atoms with Crippen LogP contribution in [0.25, 0.3) is 0 Å². The second kappa shape index (κ2) is 10.2. The van der Waals surface area contributed by atoms with Crippen molar-refractivity contribution in [2.75, 3.05) is 21.6 Å². The summed E-state index contributed by atoms with van der Waals surface area (Å²) in [6.45, 7) is 3.94. The van der Waals surface area contributed by atoms with Gasteiger partial charge in [-0.2, -0.15) is 0 Å². The first-order chi connectivity index (χ1) is 18.0. The van der Waals surface area contributed by atoms with Gasteiger partial charge in [-0.3, -0.25) is 9.59 Å². The second-order valence-electron chi connectivity index (χ2n) is 9.63. The highest BCUT2D eigenvalue weighted by Gasteiger charge is 2.27. The van der Waals surface area contributed by atoms with E-state index in [2.05, 4.69) is 5.32 Å². The first-order valence-corrected chi connectivity index (χ1v) is 11.9. The lowest BCUT2D eigenvalue weighted by Crippen LogP contribution is -2.29. The monoisotopic (exact) mass is 508 g/mol. The van der Waals surface area contributed by atoms with Crippen LogP contribution in [0.3, 0.4) is 0 Å². The SMILES string of the molecule is BN(C(=O)c1cccc(N)c1)c1cc(C(C)(C)c2ccc(O)c(NC(=O)c3cccc(N)c3)c2)ccc1O. The van der Waals surface area contributed by atoms with Gasteiger partial charge in [0.15, 0.2) is 0 Å². The molecule has 7 N–H and O–H groups in total. The number of phenolic OH excluding ortho intramolecular Hbond substituents is 2. The molecule has 38 heavy (non-hydrogen) atoms. The number of carbonyl (C=O) groups excluding carboxylic acids is 2. The van der Waals surface area contributed by atoms with Gasteiger partial charge < -0.3 is 31.8 Å². The molecule has 192 valence electrons. The summed E-state index contributed by atoms with van der Waals surface area (Å²) < 4.78 is 0. The summed E-state index contributed by atoms with van der Waals surface area (Å²) in [5, 5.41) is 23.8. The Balaban J connectivity index is 1.65. The number of aromatic hydroxyl groups is 2. The fourth-order valence-electron chi connectivity index (χ4n) is 4.22. The molecule has 0 unspecified atom stereocenters. The molecule has 4 rings (SSSR count). The van der Waals surface area contributed by atoms with E-state index < -0.39 is 11.3 Å². The normalized spacial score (nSPS) is 11.1. The lowest BCUT2D eigenvalue weighted by atomic mass is 9.77. The van der Waals surface area contributed by atoms with Gasteiger partial charge in [-0.05, 0) is 71.8 Å². The number of benzene rings is 4. The molecule has 0 radical (unpaired) electrons. The number of phenols is 2. The predicted octanol–water partition coefficient (Wildman–Crippen LogP) is 4.04. The third-order valence-corrected chi connectivity index (χ3v) is 6.61. The van der Waals surface area contributed by atoms with E-state index in [0.717, 1.165) is 11.1 Å². The molecular formula is C29H29BN4O4. The van der Waals surface area contributed by atoms with E-state index in [1.165, 1.54) is 10.9 Å². The molecule has 0 atom stereocenters. The molecule has 8 nitrogen and oxygen atoms in total. The van der Waals surface area contributed by atoms with Gasteiger partial charge in [-0.25, -0.2) is 0 Å². The van der Waals surface area contributed by atoms with Crippen molar-refractivity contribution in [3.05, 3.63) is 107 Å². The highest BCUT2D eigenvalue weighted by atomic mass is 16.3. The molecule has 0 saturated carbocycles. The van der Waals surface area contributed by atoms with E-state index in [1.807, 2.05) is 13.8 Å². The van der Waals surface area contributed by atoms with E-state index >= 15 is 0 Å². The molecule has 2 amide bonds. The molecule has 0 aliphatic carbocycles. The third-order valence-electron chi connectivity index (χ3n) is 6.61. The van der Waals surface area contributed by atoms with Gasteiger partial charge in [0, 0.05) is 27.9 Å². The second-order valence-corrected chi connectivity index (χ2v) is 9.63. The quantitative estimate of drug-likeness (QED) is 0.151. The zero-order chi connectivity index (χ0) is 27.6. The molecular weight excluding hydrogens is 479 g/mol. The molecule has 9 heteroatoms. The summed E-state index contributed by atoms with van der Waals surface area (Å²) >= 11 is 0. The molecule has 0 spiro atoms.